The van der Waals surface area contributed by atoms with Gasteiger partial charge in [-0.15, -0.1) is 0 Å². The average Bonchev–Trinajstić information content (AvgIpc) is 2.44. The Labute approximate surface area is 156 Å². The molecule has 0 saturated carbocycles. The Bertz CT molecular complexity index is 80.1. The van der Waals surface area contributed by atoms with Crippen LogP contribution in [0.1, 0.15) is 55.4 Å². The lowest BCUT2D eigenvalue weighted by molar-refractivity contribution is -0.00000527. The van der Waals surface area contributed by atoms with Gasteiger partial charge in [0.25, 0.3) is 0 Å². The number of nitrogens with one attached hydrogen (secondary N) is 4. The van der Waals surface area contributed by atoms with Crippen LogP contribution in [-0.4, -0.2) is 52.4 Å². The van der Waals surface area contributed by atoms with E-state index >= 15 is 0 Å². The van der Waals surface area contributed by atoms with E-state index in [1.165, 1.54) is 0 Å². The molecule has 1 atom stereocenters. The maximum Gasteiger partial charge on any atom is -0.00775 e. The van der Waals surface area contributed by atoms with E-state index in [-0.39, 0.29) is 26.9 Å². The van der Waals surface area contributed by atoms with Crippen LogP contribution in [0.25, 0.3) is 0 Å². The molecule has 22 heavy (non-hydrogen) atoms. The Hall–Kier alpha value is 0.750. The van der Waals surface area contributed by atoms with Gasteiger partial charge in [-0.1, -0.05) is 55.4 Å². The lowest BCUT2D eigenvalue weighted by Gasteiger charge is -1.86. The third-order valence-corrected chi connectivity index (χ3v) is 2.00. The summed E-state index contributed by atoms with van der Waals surface area (Å²) in [6.45, 7) is 25.6. The van der Waals surface area contributed by atoms with Gasteiger partial charge in [-0.05, 0) is 62.3 Å². The average molecular weight is 407 g/mol. The molecule has 4 nitrogen and oxygen atoms in total. The van der Waals surface area contributed by atoms with Crippen LogP contribution >= 0.6 is 9.90 Å². The molecule has 0 aliphatic carbocycles. The summed E-state index contributed by atoms with van der Waals surface area (Å²) in [4.78, 5) is 0. The minimum atomic E-state index is 0. The molecule has 144 valence electrons. The van der Waals surface area contributed by atoms with E-state index in [9.17, 15) is 0 Å². The van der Waals surface area contributed by atoms with Crippen LogP contribution in [0.5, 0.6) is 0 Å². The van der Waals surface area contributed by atoms with E-state index in [0.29, 0.717) is 0 Å². The second kappa shape index (κ2) is 57.6. The van der Waals surface area contributed by atoms with Crippen molar-refractivity contribution in [1.29, 1.82) is 0 Å². The van der Waals surface area contributed by atoms with Crippen molar-refractivity contribution in [3.05, 3.63) is 0 Å². The van der Waals surface area contributed by atoms with Gasteiger partial charge in [-0.25, -0.2) is 0 Å². The Kier molecular flexibility index (Phi) is 100. The van der Waals surface area contributed by atoms with Crippen molar-refractivity contribution in [1.82, 2.24) is 21.3 Å². The fourth-order valence-corrected chi connectivity index (χ4v) is 1.000. The third-order valence-electron chi connectivity index (χ3n) is 2.00. The molecule has 4 N–H and O–H groups in total. The Morgan fingerprint density at radius 2 is 0.455 bits per heavy atom. The van der Waals surface area contributed by atoms with E-state index in [4.69, 9.17) is 0 Å². The Balaban J connectivity index is -0.0000000376. The molecule has 0 amide bonds. The molecule has 0 saturated heterocycles. The predicted octanol–water partition coefficient (Wildman–Crippen LogP) is -0.742. The quantitative estimate of drug-likeness (QED) is 0.401. The maximum absolute atomic E-state index is 3.11. The number of halogens is 1. The molecule has 0 spiro atoms. The first-order valence-corrected chi connectivity index (χ1v) is 8.49. The summed E-state index contributed by atoms with van der Waals surface area (Å²) in [5, 5.41) is 12.4. The normalized spacial score (nSPS) is 7.64. The summed E-state index contributed by atoms with van der Waals surface area (Å²) in [6.07, 6.45) is 0. The van der Waals surface area contributed by atoms with Crippen LogP contribution in [0.2, 0.25) is 0 Å². The molecule has 0 aromatic carbocycles. The number of hydrogen-bond donors (Lipinski definition) is 4. The molecule has 6 heteroatoms. The molecule has 0 aliphatic rings. The minimum absolute atomic E-state index is 0. The Morgan fingerprint density at radius 1 is 0.364 bits per heavy atom. The number of rotatable bonds is 8. The zero-order valence-electron chi connectivity index (χ0n) is 17.0. The summed E-state index contributed by atoms with van der Waals surface area (Å²) in [6, 6.07) is 0. The summed E-state index contributed by atoms with van der Waals surface area (Å²) in [5.41, 5.74) is 0. The van der Waals surface area contributed by atoms with Crippen molar-refractivity contribution in [3.8, 4) is 0 Å². The van der Waals surface area contributed by atoms with Gasteiger partial charge >= 0.3 is 0 Å². The lowest BCUT2D eigenvalue weighted by Crippen LogP contribution is -3.00. The predicted molar refractivity (Wildman–Crippen MR) is 109 cm³/mol. The molecule has 0 aliphatic heterocycles. The molecule has 0 aromatic heterocycles. The monoisotopic (exact) mass is 406 g/mol. The Morgan fingerprint density at radius 3 is 0.455 bits per heavy atom. The molecule has 0 radical (unpaired) electrons. The second-order valence-electron chi connectivity index (χ2n) is 3.83. The van der Waals surface area contributed by atoms with Crippen LogP contribution in [-0.2, 0) is 0 Å². The van der Waals surface area contributed by atoms with Crippen LogP contribution < -0.4 is 38.2 Å². The summed E-state index contributed by atoms with van der Waals surface area (Å²) in [7, 11) is 0. The molecular weight excluding hydrogens is 359 g/mol. The first-order chi connectivity index (χ1) is 9.66. The first kappa shape index (κ1) is 38.4. The van der Waals surface area contributed by atoms with Gasteiger partial charge in [0.1, 0.15) is 0 Å². The smallest absolute Gasteiger partial charge is 0.00775 e. The summed E-state index contributed by atoms with van der Waals surface area (Å²) in [5.74, 6) is 0. The fraction of sp³-hybridized carbons (Fsp3) is 1.00. The van der Waals surface area contributed by atoms with Crippen molar-refractivity contribution in [3.63, 3.8) is 0 Å². The van der Waals surface area contributed by atoms with Gasteiger partial charge < -0.3 is 38.2 Å². The van der Waals surface area contributed by atoms with Crippen molar-refractivity contribution in [2.75, 3.05) is 52.4 Å². The van der Waals surface area contributed by atoms with Crippen molar-refractivity contribution in [2.24, 2.45) is 0 Å². The van der Waals surface area contributed by atoms with Crippen LogP contribution in [0.4, 0.5) is 0 Å². The van der Waals surface area contributed by atoms with E-state index in [1.807, 2.05) is 0 Å². The third kappa shape index (κ3) is 106. The summed E-state index contributed by atoms with van der Waals surface area (Å²) < 4.78 is 0. The zero-order valence-corrected chi connectivity index (χ0v) is 20.6. The summed E-state index contributed by atoms with van der Waals surface area (Å²) >= 11 is 0. The topological polar surface area (TPSA) is 48.1 Å². The van der Waals surface area contributed by atoms with Crippen molar-refractivity contribution >= 4 is 9.90 Å². The van der Waals surface area contributed by atoms with Crippen LogP contribution in [0.3, 0.4) is 0 Å². The van der Waals surface area contributed by atoms with Gasteiger partial charge in [-0.3, -0.25) is 0 Å². The largest absolute Gasteiger partial charge is 1.00 e. The molecule has 0 rings (SSSR count). The molecular formula is C16H48BrN4P. The maximum atomic E-state index is 3.11. The molecule has 0 aromatic rings. The van der Waals surface area contributed by atoms with Crippen molar-refractivity contribution < 1.29 is 17.0 Å². The van der Waals surface area contributed by atoms with E-state index < -0.39 is 0 Å². The first-order valence-electron chi connectivity index (χ1n) is 8.49. The van der Waals surface area contributed by atoms with E-state index in [0.717, 1.165) is 52.4 Å². The lowest BCUT2D eigenvalue weighted by atomic mass is 10.7. The van der Waals surface area contributed by atoms with E-state index in [2.05, 4.69) is 76.7 Å². The second-order valence-corrected chi connectivity index (χ2v) is 3.83. The zero-order chi connectivity index (χ0) is 16.5. The van der Waals surface area contributed by atoms with Gasteiger partial charge in [0.15, 0.2) is 0 Å². The SMILES string of the molecule is CCNCC.CCNCC.CCNCC.CCNCC.[Br-].[PH4+]. The highest BCUT2D eigenvalue weighted by molar-refractivity contribution is 6.92. The highest BCUT2D eigenvalue weighted by atomic mass is 79.9. The van der Waals surface area contributed by atoms with Crippen molar-refractivity contribution in [2.45, 2.75) is 55.4 Å². The van der Waals surface area contributed by atoms with Crippen LogP contribution in [0.15, 0.2) is 0 Å². The standard InChI is InChI=1S/4C4H11N.BrH.H3P/c4*1-3-5-4-2;;/h4*5H,3-4H2,1-2H3;1H;1H3. The van der Waals surface area contributed by atoms with Gasteiger partial charge in [0, 0.05) is 0 Å². The highest BCUT2D eigenvalue weighted by Crippen LogP contribution is 1.49. The molecule has 0 bridgehead atoms. The highest BCUT2D eigenvalue weighted by Gasteiger charge is 1.64. The van der Waals surface area contributed by atoms with Gasteiger partial charge in [0.05, 0.1) is 0 Å². The molecule has 0 heterocycles. The molecule has 0 fully saturated rings. The number of hydrogen-bond acceptors (Lipinski definition) is 4. The van der Waals surface area contributed by atoms with Gasteiger partial charge in [0.2, 0.25) is 0 Å². The molecule has 1 unspecified atom stereocenters. The van der Waals surface area contributed by atoms with Crippen LogP contribution in [0, 0.1) is 0 Å². The van der Waals surface area contributed by atoms with Gasteiger partial charge in [-0.2, -0.15) is 0 Å². The van der Waals surface area contributed by atoms with E-state index in [1.54, 1.807) is 0 Å². The minimum Gasteiger partial charge on any atom is -1.00 e. The fourth-order valence-electron chi connectivity index (χ4n) is 1.000.